The third-order valence-electron chi connectivity index (χ3n) is 2.57. The van der Waals surface area contributed by atoms with E-state index in [1.807, 2.05) is 13.1 Å². The van der Waals surface area contributed by atoms with Crippen molar-refractivity contribution in [1.29, 1.82) is 0 Å². The fourth-order valence-electron chi connectivity index (χ4n) is 1.86. The highest BCUT2D eigenvalue weighted by Gasteiger charge is 2.04. The zero-order chi connectivity index (χ0) is 12.3. The molecule has 0 saturated carbocycles. The van der Waals surface area contributed by atoms with Gasteiger partial charge in [0.2, 0.25) is 0 Å². The summed E-state index contributed by atoms with van der Waals surface area (Å²) in [5.41, 5.74) is 8.28. The van der Waals surface area contributed by atoms with Gasteiger partial charge >= 0.3 is 0 Å². The van der Waals surface area contributed by atoms with E-state index in [9.17, 15) is 0 Å². The van der Waals surface area contributed by atoms with E-state index >= 15 is 0 Å². The molecule has 0 bridgehead atoms. The van der Waals surface area contributed by atoms with Crippen LogP contribution < -0.4 is 5.73 Å². The van der Waals surface area contributed by atoms with Crippen LogP contribution in [-0.4, -0.2) is 15.6 Å². The predicted molar refractivity (Wildman–Crippen MR) is 72.8 cm³/mol. The Morgan fingerprint density at radius 2 is 2.29 bits per heavy atom. The van der Waals surface area contributed by atoms with E-state index in [2.05, 4.69) is 49.9 Å². The largest absolute Gasteiger partial charge is 0.347 e. The Morgan fingerprint density at radius 1 is 1.47 bits per heavy atom. The summed E-state index contributed by atoms with van der Waals surface area (Å²) in [5.74, 6) is 0. The van der Waals surface area contributed by atoms with Gasteiger partial charge in [0.25, 0.3) is 0 Å². The summed E-state index contributed by atoms with van der Waals surface area (Å²) in [6.45, 7) is 2.86. The molecule has 0 aliphatic carbocycles. The predicted octanol–water partition coefficient (Wildman–Crippen LogP) is 2.58. The van der Waals surface area contributed by atoms with Gasteiger partial charge < -0.3 is 10.3 Å². The first-order chi connectivity index (χ1) is 8.15. The first kappa shape index (κ1) is 12.3. The molecule has 2 heterocycles. The lowest BCUT2D eigenvalue weighted by molar-refractivity contribution is 0.665. The van der Waals surface area contributed by atoms with Crippen LogP contribution in [0.4, 0.5) is 0 Å². The van der Waals surface area contributed by atoms with E-state index in [0.29, 0.717) is 0 Å². The highest BCUT2D eigenvalue weighted by atomic mass is 79.9. The molecule has 17 heavy (non-hydrogen) atoms. The molecule has 3 nitrogen and oxygen atoms in total. The van der Waals surface area contributed by atoms with Crippen molar-refractivity contribution in [3.8, 4) is 0 Å². The fraction of sp³-hybridized carbons (Fsp3) is 0.308. The van der Waals surface area contributed by atoms with Gasteiger partial charge in [0, 0.05) is 47.8 Å². The van der Waals surface area contributed by atoms with Crippen LogP contribution in [-0.2, 0) is 13.0 Å². The molecule has 4 heteroatoms. The first-order valence-corrected chi connectivity index (χ1v) is 6.43. The Hall–Kier alpha value is -1.13. The normalized spacial score (nSPS) is 12.6. The Balaban J connectivity index is 2.16. The molecule has 0 aliphatic heterocycles. The minimum absolute atomic E-state index is 0.185. The van der Waals surface area contributed by atoms with E-state index in [1.54, 1.807) is 6.20 Å². The molecule has 0 saturated heterocycles. The minimum Gasteiger partial charge on any atom is -0.347 e. The molecule has 0 fully saturated rings. The number of hydrogen-bond acceptors (Lipinski definition) is 2. The van der Waals surface area contributed by atoms with Crippen LogP contribution in [0.5, 0.6) is 0 Å². The van der Waals surface area contributed by atoms with Gasteiger partial charge in [0.15, 0.2) is 0 Å². The van der Waals surface area contributed by atoms with Gasteiger partial charge in [-0.2, -0.15) is 0 Å². The van der Waals surface area contributed by atoms with Gasteiger partial charge in [-0.25, -0.2) is 0 Å². The van der Waals surface area contributed by atoms with Crippen molar-refractivity contribution >= 4 is 15.9 Å². The van der Waals surface area contributed by atoms with Crippen LogP contribution in [0, 0.1) is 0 Å². The molecule has 0 radical (unpaired) electrons. The fourth-order valence-corrected chi connectivity index (χ4v) is 2.27. The molecule has 0 spiro atoms. The van der Waals surface area contributed by atoms with Crippen molar-refractivity contribution in [3.63, 3.8) is 0 Å². The van der Waals surface area contributed by atoms with Crippen molar-refractivity contribution in [1.82, 2.24) is 9.55 Å². The molecule has 0 amide bonds. The van der Waals surface area contributed by atoms with Gasteiger partial charge in [-0.05, 0) is 46.6 Å². The van der Waals surface area contributed by atoms with E-state index in [-0.39, 0.29) is 6.04 Å². The number of nitrogens with two attached hydrogens (primary N) is 1. The molecular formula is C13H16BrN3. The highest BCUT2D eigenvalue weighted by molar-refractivity contribution is 9.10. The molecule has 0 aromatic carbocycles. The smallest absolute Gasteiger partial charge is 0.0488 e. The van der Waals surface area contributed by atoms with E-state index < -0.39 is 0 Å². The molecule has 90 valence electrons. The standard InChI is InChI=1S/C13H16BrN3/c1-10(15)5-13-3-2-4-17(13)9-11-6-12(14)8-16-7-11/h2-4,6-8,10H,5,9,15H2,1H3. The summed E-state index contributed by atoms with van der Waals surface area (Å²) in [5, 5.41) is 0. The van der Waals surface area contributed by atoms with Crippen molar-refractivity contribution in [2.75, 3.05) is 0 Å². The second kappa shape index (κ2) is 5.47. The van der Waals surface area contributed by atoms with Gasteiger partial charge in [0.1, 0.15) is 0 Å². The average molecular weight is 294 g/mol. The third kappa shape index (κ3) is 3.41. The van der Waals surface area contributed by atoms with Crippen LogP contribution >= 0.6 is 15.9 Å². The molecule has 2 aromatic rings. The maximum Gasteiger partial charge on any atom is 0.0488 e. The lowest BCUT2D eigenvalue weighted by atomic mass is 10.2. The van der Waals surface area contributed by atoms with Crippen LogP contribution in [0.3, 0.4) is 0 Å². The van der Waals surface area contributed by atoms with Crippen LogP contribution in [0.1, 0.15) is 18.2 Å². The molecule has 1 unspecified atom stereocenters. The first-order valence-electron chi connectivity index (χ1n) is 5.64. The lowest BCUT2D eigenvalue weighted by Crippen LogP contribution is -2.20. The second-order valence-electron chi connectivity index (χ2n) is 4.32. The van der Waals surface area contributed by atoms with Crippen molar-refractivity contribution in [2.24, 2.45) is 5.73 Å². The van der Waals surface area contributed by atoms with Crippen LogP contribution in [0.15, 0.2) is 41.3 Å². The number of hydrogen-bond donors (Lipinski definition) is 1. The second-order valence-corrected chi connectivity index (χ2v) is 5.24. The van der Waals surface area contributed by atoms with E-state index in [1.165, 1.54) is 11.3 Å². The summed E-state index contributed by atoms with van der Waals surface area (Å²) in [7, 11) is 0. The van der Waals surface area contributed by atoms with E-state index in [4.69, 9.17) is 5.73 Å². The quantitative estimate of drug-likeness (QED) is 0.942. The van der Waals surface area contributed by atoms with Gasteiger partial charge in [-0.3, -0.25) is 4.98 Å². The van der Waals surface area contributed by atoms with Crippen LogP contribution in [0.25, 0.3) is 0 Å². The lowest BCUT2D eigenvalue weighted by Gasteiger charge is -2.11. The maximum atomic E-state index is 5.84. The molecule has 2 aromatic heterocycles. The third-order valence-corrected chi connectivity index (χ3v) is 3.00. The number of halogens is 1. The summed E-state index contributed by atoms with van der Waals surface area (Å²) in [4.78, 5) is 4.17. The molecule has 1 atom stereocenters. The SMILES string of the molecule is CC(N)Cc1cccn1Cc1cncc(Br)c1. The van der Waals surface area contributed by atoms with Gasteiger partial charge in [-0.1, -0.05) is 0 Å². The van der Waals surface area contributed by atoms with Crippen molar-refractivity contribution in [3.05, 3.63) is 52.5 Å². The van der Waals surface area contributed by atoms with Crippen molar-refractivity contribution in [2.45, 2.75) is 25.9 Å². The number of aromatic nitrogens is 2. The monoisotopic (exact) mass is 293 g/mol. The van der Waals surface area contributed by atoms with Crippen LogP contribution in [0.2, 0.25) is 0 Å². The summed E-state index contributed by atoms with van der Waals surface area (Å²) in [6, 6.07) is 6.45. The zero-order valence-electron chi connectivity index (χ0n) is 9.81. The Morgan fingerprint density at radius 3 is 3.00 bits per heavy atom. The topological polar surface area (TPSA) is 43.8 Å². The highest BCUT2D eigenvalue weighted by Crippen LogP contribution is 2.13. The van der Waals surface area contributed by atoms with Gasteiger partial charge in [0.05, 0.1) is 0 Å². The summed E-state index contributed by atoms with van der Waals surface area (Å²) < 4.78 is 3.23. The zero-order valence-corrected chi connectivity index (χ0v) is 11.4. The number of nitrogens with zero attached hydrogens (tertiary/aromatic N) is 2. The minimum atomic E-state index is 0.185. The van der Waals surface area contributed by atoms with Crippen molar-refractivity contribution < 1.29 is 0 Å². The van der Waals surface area contributed by atoms with Gasteiger partial charge in [-0.15, -0.1) is 0 Å². The summed E-state index contributed by atoms with van der Waals surface area (Å²) in [6.07, 6.45) is 6.66. The summed E-state index contributed by atoms with van der Waals surface area (Å²) >= 11 is 3.43. The number of rotatable bonds is 4. The number of pyridine rings is 1. The molecular weight excluding hydrogens is 278 g/mol. The van der Waals surface area contributed by atoms with E-state index in [0.717, 1.165) is 17.4 Å². The maximum absolute atomic E-state index is 5.84. The average Bonchev–Trinajstić information content (AvgIpc) is 2.65. The Kier molecular flexibility index (Phi) is 3.97. The Bertz CT molecular complexity index is 491. The molecule has 2 N–H and O–H groups in total. The molecule has 2 rings (SSSR count). The Labute approximate surface area is 110 Å². The molecule has 0 aliphatic rings.